The third kappa shape index (κ3) is 2.55. The molecule has 2 atom stereocenters. The Morgan fingerprint density at radius 3 is 2.73 bits per heavy atom. The number of amides is 1. The zero-order valence-electron chi connectivity index (χ0n) is 12.3. The summed E-state index contributed by atoms with van der Waals surface area (Å²) in [6, 6.07) is 10.2. The van der Waals surface area contributed by atoms with Crippen molar-refractivity contribution in [2.75, 3.05) is 13.1 Å². The molecule has 1 saturated heterocycles. The first-order valence-electron chi connectivity index (χ1n) is 7.77. The van der Waals surface area contributed by atoms with Crippen LogP contribution in [0.15, 0.2) is 35.7 Å². The Kier molecular flexibility index (Phi) is 3.47. The predicted octanol–water partition coefficient (Wildman–Crippen LogP) is 2.59. The third-order valence-electron chi connectivity index (χ3n) is 4.55. The topological polar surface area (TPSA) is 59.2 Å². The molecule has 2 aliphatic rings. The van der Waals surface area contributed by atoms with Crippen LogP contribution in [0.4, 0.5) is 0 Å². The van der Waals surface area contributed by atoms with Crippen molar-refractivity contribution < 1.29 is 4.79 Å². The van der Waals surface area contributed by atoms with Gasteiger partial charge in [-0.25, -0.2) is 4.98 Å². The van der Waals surface area contributed by atoms with E-state index in [4.69, 9.17) is 5.73 Å². The first kappa shape index (κ1) is 13.9. The van der Waals surface area contributed by atoms with Crippen LogP contribution in [0, 0.1) is 0 Å². The maximum Gasteiger partial charge on any atom is 0.273 e. The molecule has 5 heteroatoms. The largest absolute Gasteiger partial charge is 0.335 e. The van der Waals surface area contributed by atoms with Gasteiger partial charge < -0.3 is 10.6 Å². The lowest BCUT2D eigenvalue weighted by Crippen LogP contribution is -2.32. The minimum atomic E-state index is -0.00658. The first-order valence-corrected chi connectivity index (χ1v) is 8.65. The van der Waals surface area contributed by atoms with Crippen LogP contribution >= 0.6 is 11.3 Å². The molecule has 0 spiro atoms. The Morgan fingerprint density at radius 2 is 2.00 bits per heavy atom. The fourth-order valence-corrected chi connectivity index (χ4v) is 4.08. The van der Waals surface area contributed by atoms with Gasteiger partial charge in [-0.1, -0.05) is 30.3 Å². The van der Waals surface area contributed by atoms with Crippen molar-refractivity contribution in [1.82, 2.24) is 9.88 Å². The number of thiazole rings is 1. The number of likely N-dealkylation sites (tertiary alicyclic amines) is 1. The van der Waals surface area contributed by atoms with Crippen molar-refractivity contribution in [3.63, 3.8) is 0 Å². The molecule has 1 aromatic heterocycles. The Balaban J connectivity index is 1.49. The lowest BCUT2D eigenvalue weighted by molar-refractivity contribution is 0.0784. The predicted molar refractivity (Wildman–Crippen MR) is 87.2 cm³/mol. The van der Waals surface area contributed by atoms with Crippen molar-refractivity contribution in [3.05, 3.63) is 52.0 Å². The average Bonchev–Trinajstić information content (AvgIpc) is 3.15. The number of hydrogen-bond acceptors (Lipinski definition) is 4. The molecule has 1 aliphatic heterocycles. The minimum Gasteiger partial charge on any atom is -0.335 e. The molecule has 2 N–H and O–H groups in total. The van der Waals surface area contributed by atoms with Gasteiger partial charge in [0.25, 0.3) is 5.91 Å². The number of aromatic nitrogens is 1. The van der Waals surface area contributed by atoms with Crippen molar-refractivity contribution in [3.8, 4) is 0 Å². The standard InChI is InChI=1S/C17H19N3OS/c18-14-9-20(8-13(14)11-4-2-1-3-5-11)17(21)15-10-22-16(19-15)12-6-7-12/h1-5,10,12-14H,6-9,18H2/t13-,14+/m0/s1. The maximum atomic E-state index is 12.6. The number of carbonyl (C=O) groups is 1. The van der Waals surface area contributed by atoms with Crippen LogP contribution in [0.2, 0.25) is 0 Å². The van der Waals surface area contributed by atoms with Gasteiger partial charge in [0.05, 0.1) is 5.01 Å². The number of benzene rings is 1. The monoisotopic (exact) mass is 313 g/mol. The second kappa shape index (κ2) is 5.48. The van der Waals surface area contributed by atoms with E-state index in [1.165, 1.54) is 18.4 Å². The number of hydrogen-bond donors (Lipinski definition) is 1. The van der Waals surface area contributed by atoms with Crippen molar-refractivity contribution in [2.24, 2.45) is 5.73 Å². The van der Waals surface area contributed by atoms with Gasteiger partial charge >= 0.3 is 0 Å². The summed E-state index contributed by atoms with van der Waals surface area (Å²) in [6.07, 6.45) is 2.43. The van der Waals surface area contributed by atoms with E-state index >= 15 is 0 Å². The molecule has 0 unspecified atom stereocenters. The highest BCUT2D eigenvalue weighted by Crippen LogP contribution is 2.41. The van der Waals surface area contributed by atoms with Gasteiger partial charge in [0.2, 0.25) is 0 Å². The molecule has 1 amide bonds. The highest BCUT2D eigenvalue weighted by molar-refractivity contribution is 7.10. The molecule has 1 aliphatic carbocycles. The van der Waals surface area contributed by atoms with E-state index in [-0.39, 0.29) is 17.9 Å². The van der Waals surface area contributed by atoms with Crippen molar-refractivity contribution in [2.45, 2.75) is 30.7 Å². The fraction of sp³-hybridized carbons (Fsp3) is 0.412. The highest BCUT2D eigenvalue weighted by atomic mass is 32.1. The van der Waals surface area contributed by atoms with Gasteiger partial charge in [-0.05, 0) is 18.4 Å². The van der Waals surface area contributed by atoms with E-state index in [0.717, 1.165) is 5.01 Å². The Bertz CT molecular complexity index is 680. The molecule has 1 saturated carbocycles. The number of rotatable bonds is 3. The summed E-state index contributed by atoms with van der Waals surface area (Å²) < 4.78 is 0. The van der Waals surface area contributed by atoms with Crippen LogP contribution in [0.5, 0.6) is 0 Å². The van der Waals surface area contributed by atoms with Crippen molar-refractivity contribution in [1.29, 1.82) is 0 Å². The van der Waals surface area contributed by atoms with Gasteiger partial charge in [0.1, 0.15) is 5.69 Å². The molecule has 4 nitrogen and oxygen atoms in total. The molecule has 1 aromatic carbocycles. The maximum absolute atomic E-state index is 12.6. The molecule has 0 radical (unpaired) electrons. The van der Waals surface area contributed by atoms with E-state index in [0.29, 0.717) is 24.7 Å². The minimum absolute atomic E-state index is 0.00658. The first-order chi connectivity index (χ1) is 10.7. The van der Waals surface area contributed by atoms with E-state index in [1.807, 2.05) is 28.5 Å². The van der Waals surface area contributed by atoms with Gasteiger partial charge in [0, 0.05) is 36.3 Å². The Morgan fingerprint density at radius 1 is 1.23 bits per heavy atom. The van der Waals surface area contributed by atoms with Crippen LogP contribution in [0.25, 0.3) is 0 Å². The molecule has 114 valence electrons. The molecule has 0 bridgehead atoms. The summed E-state index contributed by atoms with van der Waals surface area (Å²) in [6.45, 7) is 1.29. The second-order valence-corrected chi connectivity index (χ2v) is 7.13. The van der Waals surface area contributed by atoms with Gasteiger partial charge in [-0.15, -0.1) is 11.3 Å². The molecular formula is C17H19N3OS. The summed E-state index contributed by atoms with van der Waals surface area (Å²) >= 11 is 1.62. The van der Waals surface area contributed by atoms with Gasteiger partial charge in [-0.3, -0.25) is 4.79 Å². The van der Waals surface area contributed by atoms with Crippen LogP contribution in [-0.4, -0.2) is 34.9 Å². The molecule has 2 heterocycles. The molecular weight excluding hydrogens is 294 g/mol. The highest BCUT2D eigenvalue weighted by Gasteiger charge is 2.35. The van der Waals surface area contributed by atoms with Crippen LogP contribution < -0.4 is 5.73 Å². The number of nitrogens with two attached hydrogens (primary N) is 1. The quantitative estimate of drug-likeness (QED) is 0.947. The SMILES string of the molecule is N[C@@H]1CN(C(=O)c2csc(C3CC3)n2)C[C@H]1c1ccccc1. The van der Waals surface area contributed by atoms with Crippen LogP contribution in [0.3, 0.4) is 0 Å². The Hall–Kier alpha value is -1.72. The molecule has 22 heavy (non-hydrogen) atoms. The van der Waals surface area contributed by atoms with E-state index in [2.05, 4.69) is 17.1 Å². The van der Waals surface area contributed by atoms with E-state index in [9.17, 15) is 4.79 Å². The van der Waals surface area contributed by atoms with Crippen LogP contribution in [-0.2, 0) is 0 Å². The zero-order chi connectivity index (χ0) is 15.1. The summed E-state index contributed by atoms with van der Waals surface area (Å²) in [5.41, 5.74) is 8.07. The van der Waals surface area contributed by atoms with Crippen molar-refractivity contribution >= 4 is 17.2 Å². The smallest absolute Gasteiger partial charge is 0.273 e. The fourth-order valence-electron chi connectivity index (χ4n) is 3.11. The lowest BCUT2D eigenvalue weighted by atomic mass is 9.95. The average molecular weight is 313 g/mol. The molecule has 2 fully saturated rings. The number of carbonyl (C=O) groups excluding carboxylic acids is 1. The number of nitrogens with zero attached hydrogens (tertiary/aromatic N) is 2. The summed E-state index contributed by atoms with van der Waals surface area (Å²) in [5.74, 6) is 0.841. The summed E-state index contributed by atoms with van der Waals surface area (Å²) in [5, 5.41) is 3.02. The van der Waals surface area contributed by atoms with Gasteiger partial charge in [-0.2, -0.15) is 0 Å². The third-order valence-corrected chi connectivity index (χ3v) is 5.55. The zero-order valence-corrected chi connectivity index (χ0v) is 13.1. The van der Waals surface area contributed by atoms with Crippen LogP contribution in [0.1, 0.15) is 45.7 Å². The van der Waals surface area contributed by atoms with E-state index in [1.54, 1.807) is 11.3 Å². The van der Waals surface area contributed by atoms with E-state index < -0.39 is 0 Å². The second-order valence-electron chi connectivity index (χ2n) is 6.24. The summed E-state index contributed by atoms with van der Waals surface area (Å²) in [7, 11) is 0. The lowest BCUT2D eigenvalue weighted by Gasteiger charge is -2.15. The summed E-state index contributed by atoms with van der Waals surface area (Å²) in [4.78, 5) is 19.0. The van der Waals surface area contributed by atoms with Gasteiger partial charge in [0.15, 0.2) is 0 Å². The molecule has 2 aromatic rings. The normalized spacial score (nSPS) is 24.7. The Labute approximate surface area is 134 Å². The molecule has 4 rings (SSSR count).